The molecule has 3 rings (SSSR count). The van der Waals surface area contributed by atoms with Crippen LogP contribution in [-0.4, -0.2) is 45.9 Å². The van der Waals surface area contributed by atoms with Crippen LogP contribution in [0.15, 0.2) is 53.8 Å². The van der Waals surface area contributed by atoms with Crippen LogP contribution in [0.1, 0.15) is 35.8 Å². The number of ether oxygens (including phenoxy) is 1. The summed E-state index contributed by atoms with van der Waals surface area (Å²) in [6.45, 7) is 4.43. The van der Waals surface area contributed by atoms with Gasteiger partial charge in [0.05, 0.1) is 23.9 Å². The highest BCUT2D eigenvalue weighted by Gasteiger charge is 2.20. The van der Waals surface area contributed by atoms with E-state index in [0.717, 1.165) is 40.8 Å². The molecule has 1 atom stereocenters. The van der Waals surface area contributed by atoms with Gasteiger partial charge in [0.1, 0.15) is 5.69 Å². The van der Waals surface area contributed by atoms with Gasteiger partial charge >= 0.3 is 0 Å². The van der Waals surface area contributed by atoms with Gasteiger partial charge in [0.2, 0.25) is 0 Å². The molecule has 0 aliphatic heterocycles. The lowest BCUT2D eigenvalue weighted by Gasteiger charge is -2.22. The number of methoxy groups -OCH3 is 1. The van der Waals surface area contributed by atoms with Gasteiger partial charge in [0.15, 0.2) is 5.13 Å². The molecule has 0 fully saturated rings. The van der Waals surface area contributed by atoms with Crippen LogP contribution in [0.3, 0.4) is 0 Å². The van der Waals surface area contributed by atoms with E-state index in [2.05, 4.69) is 28.6 Å². The van der Waals surface area contributed by atoms with Gasteiger partial charge in [-0.2, -0.15) is 0 Å². The van der Waals surface area contributed by atoms with Gasteiger partial charge in [0.25, 0.3) is 5.91 Å². The zero-order valence-corrected chi connectivity index (χ0v) is 20.4. The maximum Gasteiger partial charge on any atom is 0.253 e. The van der Waals surface area contributed by atoms with Crippen LogP contribution in [0.5, 0.6) is 0 Å². The number of nitrogens with zero attached hydrogens (tertiary/aromatic N) is 3. The third-order valence-corrected chi connectivity index (χ3v) is 6.12. The van der Waals surface area contributed by atoms with Gasteiger partial charge in [-0.05, 0) is 43.5 Å². The van der Waals surface area contributed by atoms with Crippen LogP contribution in [0, 0.1) is 6.92 Å². The number of aromatic nitrogens is 3. The summed E-state index contributed by atoms with van der Waals surface area (Å²) in [6, 6.07) is 7.37. The van der Waals surface area contributed by atoms with Gasteiger partial charge in [-0.1, -0.05) is 25.5 Å². The lowest BCUT2D eigenvalue weighted by atomic mass is 10.1. The number of hydrogen-bond acceptors (Lipinski definition) is 7. The monoisotopic (exact) mass is 471 g/mol. The fourth-order valence-electron chi connectivity index (χ4n) is 3.08. The summed E-state index contributed by atoms with van der Waals surface area (Å²) < 4.78 is 7.31. The Hall–Kier alpha value is -2.62. The Labute approximate surface area is 197 Å². The first-order chi connectivity index (χ1) is 15.5. The number of amides is 1. The second-order valence-corrected chi connectivity index (χ2v) is 8.84. The summed E-state index contributed by atoms with van der Waals surface area (Å²) in [4.78, 5) is 22.1. The number of nitrogens with one attached hydrogen (secondary N) is 2. The van der Waals surface area contributed by atoms with Gasteiger partial charge in [-0.25, -0.2) is 4.98 Å². The highest BCUT2D eigenvalue weighted by Crippen LogP contribution is 2.25. The summed E-state index contributed by atoms with van der Waals surface area (Å²) in [5, 5.41) is 9.24. The lowest BCUT2D eigenvalue weighted by Crippen LogP contribution is -2.41. The van der Waals surface area contributed by atoms with Gasteiger partial charge < -0.3 is 15.4 Å². The van der Waals surface area contributed by atoms with Crippen molar-refractivity contribution in [1.82, 2.24) is 19.3 Å². The highest BCUT2D eigenvalue weighted by atomic mass is 32.2. The number of hydrogen-bond donors (Lipinski definition) is 2. The van der Waals surface area contributed by atoms with Crippen LogP contribution in [0.4, 0.5) is 5.13 Å². The molecule has 0 saturated heterocycles. The molecule has 0 aromatic carbocycles. The van der Waals surface area contributed by atoms with Crippen molar-refractivity contribution in [2.24, 2.45) is 0 Å². The fraction of sp³-hybridized carbons (Fsp3) is 0.348. The average Bonchev–Trinajstić information content (AvgIpc) is 3.46. The van der Waals surface area contributed by atoms with E-state index in [-0.39, 0.29) is 11.9 Å². The predicted molar refractivity (Wildman–Crippen MR) is 133 cm³/mol. The molecule has 3 aromatic heterocycles. The summed E-state index contributed by atoms with van der Waals surface area (Å²) in [7, 11) is 1.63. The molecule has 0 radical (unpaired) electrons. The number of anilines is 1. The molecule has 9 heteroatoms. The van der Waals surface area contributed by atoms with Crippen molar-refractivity contribution in [1.29, 1.82) is 0 Å². The van der Waals surface area contributed by atoms with Gasteiger partial charge in [-0.3, -0.25) is 13.8 Å². The average molecular weight is 472 g/mol. The number of thiazole rings is 1. The molecule has 32 heavy (non-hydrogen) atoms. The molecule has 3 heterocycles. The third kappa shape index (κ3) is 6.44. The molecule has 0 aliphatic rings. The zero-order chi connectivity index (χ0) is 22.9. The molecule has 170 valence electrons. The Morgan fingerprint density at radius 2 is 2.16 bits per heavy atom. The van der Waals surface area contributed by atoms with Crippen molar-refractivity contribution in [3.8, 4) is 11.4 Å². The zero-order valence-electron chi connectivity index (χ0n) is 18.8. The number of unbranched alkanes of at least 4 members (excludes halogenated alkanes) is 1. The molecular weight excluding hydrogens is 442 g/mol. The van der Waals surface area contributed by atoms with Crippen LogP contribution in [0.25, 0.3) is 11.4 Å². The number of aryl methyl sites for hydroxylation is 1. The van der Waals surface area contributed by atoms with Crippen molar-refractivity contribution in [2.45, 2.75) is 32.7 Å². The molecular formula is C23H29N5O2S2. The maximum atomic E-state index is 12.8. The molecule has 0 saturated carbocycles. The van der Waals surface area contributed by atoms with E-state index in [1.807, 2.05) is 53.1 Å². The van der Waals surface area contributed by atoms with Gasteiger partial charge in [-0.15, -0.1) is 11.3 Å². The first-order valence-corrected chi connectivity index (χ1v) is 12.5. The SMILES string of the molecule is CCCC=C(Nc1nc(-c2cccc(C)n2)cs1)C(COC)NC(=O)c1ccn(SC)c1. The largest absolute Gasteiger partial charge is 0.382 e. The third-order valence-electron chi connectivity index (χ3n) is 4.71. The van der Waals surface area contributed by atoms with Crippen molar-refractivity contribution >= 4 is 34.3 Å². The summed E-state index contributed by atoms with van der Waals surface area (Å²) in [5.74, 6) is -0.146. The summed E-state index contributed by atoms with van der Waals surface area (Å²) >= 11 is 3.04. The number of carbonyl (C=O) groups excluding carboxylic acids is 1. The normalized spacial score (nSPS) is 12.6. The second-order valence-electron chi connectivity index (χ2n) is 7.20. The Morgan fingerprint density at radius 3 is 2.84 bits per heavy atom. The Balaban J connectivity index is 1.79. The Kier molecular flexibility index (Phi) is 8.90. The first-order valence-electron chi connectivity index (χ1n) is 10.4. The fourth-order valence-corrected chi connectivity index (χ4v) is 4.21. The molecule has 1 amide bonds. The topological polar surface area (TPSA) is 81.1 Å². The molecule has 0 aliphatic carbocycles. The second kappa shape index (κ2) is 11.8. The number of allylic oxidation sites excluding steroid dienone is 1. The van der Waals surface area contributed by atoms with E-state index in [1.54, 1.807) is 13.2 Å². The van der Waals surface area contributed by atoms with Crippen molar-refractivity contribution in [2.75, 3.05) is 25.3 Å². The number of pyridine rings is 1. The van der Waals surface area contributed by atoms with E-state index >= 15 is 0 Å². The van der Waals surface area contributed by atoms with Gasteiger partial charge in [0, 0.05) is 42.5 Å². The van der Waals surface area contributed by atoms with Crippen molar-refractivity contribution in [3.05, 3.63) is 65.1 Å². The number of carbonyl (C=O) groups is 1. The molecule has 2 N–H and O–H groups in total. The van der Waals surface area contributed by atoms with Crippen molar-refractivity contribution in [3.63, 3.8) is 0 Å². The molecule has 7 nitrogen and oxygen atoms in total. The highest BCUT2D eigenvalue weighted by molar-refractivity contribution is 7.97. The van der Waals surface area contributed by atoms with Crippen molar-refractivity contribution < 1.29 is 9.53 Å². The minimum absolute atomic E-state index is 0.146. The molecule has 0 spiro atoms. The van der Waals surface area contributed by atoms with E-state index in [0.29, 0.717) is 12.2 Å². The smallest absolute Gasteiger partial charge is 0.253 e. The maximum absolute atomic E-state index is 12.8. The van der Waals surface area contributed by atoms with E-state index in [1.165, 1.54) is 23.3 Å². The van der Waals surface area contributed by atoms with E-state index in [4.69, 9.17) is 9.72 Å². The summed E-state index contributed by atoms with van der Waals surface area (Å²) in [5.41, 5.74) is 4.09. The quantitative estimate of drug-likeness (QED) is 0.410. The van der Waals surface area contributed by atoms with Crippen LogP contribution in [0.2, 0.25) is 0 Å². The van der Waals surface area contributed by atoms with E-state index < -0.39 is 0 Å². The Bertz CT molecular complexity index is 1060. The minimum Gasteiger partial charge on any atom is -0.382 e. The first kappa shape index (κ1) is 24.0. The predicted octanol–water partition coefficient (Wildman–Crippen LogP) is 4.98. The molecule has 0 bridgehead atoms. The summed E-state index contributed by atoms with van der Waals surface area (Å²) in [6.07, 6.45) is 9.61. The number of rotatable bonds is 11. The van der Waals surface area contributed by atoms with Crippen LogP contribution >= 0.6 is 23.3 Å². The van der Waals surface area contributed by atoms with E-state index in [9.17, 15) is 4.79 Å². The van der Waals surface area contributed by atoms with Crippen LogP contribution < -0.4 is 10.6 Å². The Morgan fingerprint density at radius 1 is 1.31 bits per heavy atom. The lowest BCUT2D eigenvalue weighted by molar-refractivity contribution is 0.0912. The van der Waals surface area contributed by atoms with Crippen LogP contribution in [-0.2, 0) is 4.74 Å². The standard InChI is InChI=1S/C23H29N5O2S2/c1-5-6-9-18(20(14-30-3)25-22(29)17-11-12-28(13-17)31-4)26-23-27-21(15-32-23)19-10-7-8-16(2)24-19/h7-13,15,20H,5-6,14H2,1-4H3,(H,25,29)(H,26,27). The minimum atomic E-state index is -0.332. The molecule has 3 aromatic rings. The molecule has 1 unspecified atom stereocenters.